The topological polar surface area (TPSA) is 46.2 Å². The highest BCUT2D eigenvalue weighted by atomic mass is 16.3. The Morgan fingerprint density at radius 1 is 0.625 bits per heavy atom. The number of aromatic hydroxyl groups is 1. The van der Waals surface area contributed by atoms with Crippen molar-refractivity contribution in [1.82, 2.24) is 0 Å². The van der Waals surface area contributed by atoms with Crippen LogP contribution in [0.4, 0.5) is 5.69 Å². The molecule has 0 unspecified atom stereocenters. The normalized spacial score (nSPS) is 10.8. The molecule has 116 valence electrons. The van der Waals surface area contributed by atoms with Crippen molar-refractivity contribution in [2.75, 3.05) is 5.73 Å². The standard InChI is InChI=1S/C22H17NO/c23-18-10-5-17(6-11-18)22-20-4-2-1-3-15(20)9-14-21(22)16-7-12-19(24)13-8-16/h1-14,24H,23H2. The van der Waals surface area contributed by atoms with Gasteiger partial charge in [0.05, 0.1) is 0 Å². The molecule has 0 saturated heterocycles. The molecule has 0 amide bonds. The van der Waals surface area contributed by atoms with Crippen molar-refractivity contribution in [3.63, 3.8) is 0 Å². The van der Waals surface area contributed by atoms with Crippen molar-refractivity contribution in [3.8, 4) is 28.0 Å². The molecule has 4 rings (SSSR count). The lowest BCUT2D eigenvalue weighted by Gasteiger charge is -2.14. The molecule has 2 nitrogen and oxygen atoms in total. The summed E-state index contributed by atoms with van der Waals surface area (Å²) in [4.78, 5) is 0. The summed E-state index contributed by atoms with van der Waals surface area (Å²) in [6.07, 6.45) is 0. The molecule has 0 spiro atoms. The third kappa shape index (κ3) is 2.48. The summed E-state index contributed by atoms with van der Waals surface area (Å²) in [5, 5.41) is 12.0. The van der Waals surface area contributed by atoms with Crippen LogP contribution in [-0.2, 0) is 0 Å². The summed E-state index contributed by atoms with van der Waals surface area (Å²) >= 11 is 0. The molecule has 0 aliphatic heterocycles. The number of nitrogens with two attached hydrogens (primary N) is 1. The monoisotopic (exact) mass is 311 g/mol. The van der Waals surface area contributed by atoms with Gasteiger partial charge in [0.25, 0.3) is 0 Å². The number of benzene rings is 4. The zero-order valence-corrected chi connectivity index (χ0v) is 13.1. The van der Waals surface area contributed by atoms with Gasteiger partial charge in [-0.05, 0) is 57.3 Å². The van der Waals surface area contributed by atoms with Crippen molar-refractivity contribution in [2.24, 2.45) is 0 Å². The maximum absolute atomic E-state index is 9.58. The maximum Gasteiger partial charge on any atom is 0.115 e. The van der Waals surface area contributed by atoms with Crippen LogP contribution in [0.1, 0.15) is 0 Å². The molecule has 0 radical (unpaired) electrons. The number of rotatable bonds is 2. The van der Waals surface area contributed by atoms with Crippen molar-refractivity contribution >= 4 is 16.5 Å². The number of fused-ring (bicyclic) bond motifs is 1. The molecule has 0 heterocycles. The number of hydrogen-bond acceptors (Lipinski definition) is 2. The summed E-state index contributed by atoms with van der Waals surface area (Å²) in [6.45, 7) is 0. The second-order valence-electron chi connectivity index (χ2n) is 5.88. The van der Waals surface area contributed by atoms with Crippen LogP contribution in [0.2, 0.25) is 0 Å². The van der Waals surface area contributed by atoms with E-state index in [1.54, 1.807) is 12.1 Å². The van der Waals surface area contributed by atoms with E-state index in [0.29, 0.717) is 0 Å². The first-order valence-corrected chi connectivity index (χ1v) is 7.89. The van der Waals surface area contributed by atoms with E-state index in [1.807, 2.05) is 24.3 Å². The van der Waals surface area contributed by atoms with E-state index in [-0.39, 0.29) is 5.75 Å². The predicted octanol–water partition coefficient (Wildman–Crippen LogP) is 5.46. The minimum Gasteiger partial charge on any atom is -0.508 e. The van der Waals surface area contributed by atoms with Gasteiger partial charge in [-0.3, -0.25) is 0 Å². The molecular weight excluding hydrogens is 294 g/mol. The lowest BCUT2D eigenvalue weighted by molar-refractivity contribution is 0.475. The van der Waals surface area contributed by atoms with Gasteiger partial charge in [0, 0.05) is 5.69 Å². The molecule has 0 aliphatic rings. The zero-order valence-electron chi connectivity index (χ0n) is 13.1. The van der Waals surface area contributed by atoms with Gasteiger partial charge < -0.3 is 10.8 Å². The van der Waals surface area contributed by atoms with E-state index in [9.17, 15) is 5.11 Å². The number of phenols is 1. The number of phenolic OH excluding ortho intramolecular Hbond substituents is 1. The fourth-order valence-corrected chi connectivity index (χ4v) is 3.11. The van der Waals surface area contributed by atoms with Crippen LogP contribution >= 0.6 is 0 Å². The maximum atomic E-state index is 9.58. The average molecular weight is 311 g/mol. The summed E-state index contributed by atoms with van der Waals surface area (Å²) in [7, 11) is 0. The quantitative estimate of drug-likeness (QED) is 0.483. The average Bonchev–Trinajstić information content (AvgIpc) is 2.62. The molecule has 4 aromatic carbocycles. The van der Waals surface area contributed by atoms with E-state index < -0.39 is 0 Å². The summed E-state index contributed by atoms with van der Waals surface area (Å²) in [6, 6.07) is 28.0. The highest BCUT2D eigenvalue weighted by Gasteiger charge is 2.11. The summed E-state index contributed by atoms with van der Waals surface area (Å²) in [5.41, 5.74) is 11.1. The number of hydrogen-bond donors (Lipinski definition) is 2. The smallest absolute Gasteiger partial charge is 0.115 e. The summed E-state index contributed by atoms with van der Waals surface area (Å²) < 4.78 is 0. The van der Waals surface area contributed by atoms with Crippen LogP contribution in [-0.4, -0.2) is 5.11 Å². The highest BCUT2D eigenvalue weighted by Crippen LogP contribution is 2.38. The van der Waals surface area contributed by atoms with E-state index in [0.717, 1.165) is 22.4 Å². The molecule has 2 heteroatoms. The van der Waals surface area contributed by atoms with Crippen molar-refractivity contribution < 1.29 is 5.11 Å². The second kappa shape index (κ2) is 5.74. The summed E-state index contributed by atoms with van der Waals surface area (Å²) in [5.74, 6) is 0.272. The van der Waals surface area contributed by atoms with Gasteiger partial charge >= 0.3 is 0 Å². The Morgan fingerprint density at radius 3 is 2.04 bits per heavy atom. The van der Waals surface area contributed by atoms with Crippen LogP contribution in [0.25, 0.3) is 33.0 Å². The van der Waals surface area contributed by atoms with E-state index in [2.05, 4.69) is 48.5 Å². The Kier molecular flexibility index (Phi) is 3.43. The van der Waals surface area contributed by atoms with E-state index >= 15 is 0 Å². The Bertz CT molecular complexity index is 1000. The Hall–Kier alpha value is -3.26. The van der Waals surface area contributed by atoms with Crippen LogP contribution < -0.4 is 5.73 Å². The molecule has 0 fully saturated rings. The first kappa shape index (κ1) is 14.3. The second-order valence-corrected chi connectivity index (χ2v) is 5.88. The van der Waals surface area contributed by atoms with Gasteiger partial charge in [-0.15, -0.1) is 0 Å². The van der Waals surface area contributed by atoms with Gasteiger partial charge in [0.2, 0.25) is 0 Å². The van der Waals surface area contributed by atoms with Gasteiger partial charge in [-0.2, -0.15) is 0 Å². The van der Waals surface area contributed by atoms with Gasteiger partial charge in [-0.25, -0.2) is 0 Å². The fourth-order valence-electron chi connectivity index (χ4n) is 3.11. The molecule has 3 N–H and O–H groups in total. The number of nitrogen functional groups attached to an aromatic ring is 1. The Balaban J connectivity index is 2.04. The molecular formula is C22H17NO. The predicted molar refractivity (Wildman–Crippen MR) is 101 cm³/mol. The Morgan fingerprint density at radius 2 is 1.29 bits per heavy atom. The van der Waals surface area contributed by atoms with Crippen LogP contribution in [0.3, 0.4) is 0 Å². The molecule has 0 bridgehead atoms. The van der Waals surface area contributed by atoms with Gasteiger partial charge in [-0.1, -0.05) is 60.7 Å². The zero-order chi connectivity index (χ0) is 16.5. The number of anilines is 1. The fraction of sp³-hybridized carbons (Fsp3) is 0. The molecule has 0 aliphatic carbocycles. The largest absolute Gasteiger partial charge is 0.508 e. The minimum absolute atomic E-state index is 0.272. The van der Waals surface area contributed by atoms with Crippen molar-refractivity contribution in [2.45, 2.75) is 0 Å². The third-order valence-electron chi connectivity index (χ3n) is 4.31. The lowest BCUT2D eigenvalue weighted by Crippen LogP contribution is -1.89. The Labute approximate surface area is 140 Å². The first-order chi connectivity index (χ1) is 11.7. The van der Waals surface area contributed by atoms with Crippen molar-refractivity contribution in [3.05, 3.63) is 84.9 Å². The molecule has 24 heavy (non-hydrogen) atoms. The van der Waals surface area contributed by atoms with Crippen LogP contribution in [0.5, 0.6) is 5.75 Å². The molecule has 0 aromatic heterocycles. The SMILES string of the molecule is Nc1ccc(-c2c(-c3ccc(O)cc3)ccc3ccccc23)cc1. The van der Waals surface area contributed by atoms with Crippen LogP contribution in [0, 0.1) is 0 Å². The molecule has 4 aromatic rings. The third-order valence-corrected chi connectivity index (χ3v) is 4.31. The van der Waals surface area contributed by atoms with Gasteiger partial charge in [0.15, 0.2) is 0 Å². The first-order valence-electron chi connectivity index (χ1n) is 7.89. The molecule has 0 saturated carbocycles. The van der Waals surface area contributed by atoms with Crippen molar-refractivity contribution in [1.29, 1.82) is 0 Å². The minimum atomic E-state index is 0.272. The van der Waals surface area contributed by atoms with E-state index in [4.69, 9.17) is 5.73 Å². The van der Waals surface area contributed by atoms with Gasteiger partial charge in [0.1, 0.15) is 5.75 Å². The van der Waals surface area contributed by atoms with Crippen LogP contribution in [0.15, 0.2) is 84.9 Å². The van der Waals surface area contributed by atoms with E-state index in [1.165, 1.54) is 16.3 Å². The highest BCUT2D eigenvalue weighted by molar-refractivity contribution is 6.04. The lowest BCUT2D eigenvalue weighted by atomic mass is 9.90. The molecule has 0 atom stereocenters.